The van der Waals surface area contributed by atoms with Gasteiger partial charge in [0.1, 0.15) is 5.82 Å². The van der Waals surface area contributed by atoms with Crippen molar-refractivity contribution in [2.24, 2.45) is 0 Å². The summed E-state index contributed by atoms with van der Waals surface area (Å²) in [5, 5.41) is 6.05. The summed E-state index contributed by atoms with van der Waals surface area (Å²) in [7, 11) is 0. The Morgan fingerprint density at radius 2 is 2.00 bits per heavy atom. The molecule has 1 aromatic heterocycles. The Balaban J connectivity index is 2.93. The molecule has 0 aliphatic heterocycles. The van der Waals surface area contributed by atoms with Crippen LogP contribution in [0.3, 0.4) is 0 Å². The Labute approximate surface area is 103 Å². The first kappa shape index (κ1) is 13.5. The quantitative estimate of drug-likeness (QED) is 0.845. The van der Waals surface area contributed by atoms with Gasteiger partial charge in [-0.1, -0.05) is 0 Å². The molecular weight excluding hydrogens is 214 g/mol. The highest BCUT2D eigenvalue weighted by Crippen LogP contribution is 2.11. The first-order valence-corrected chi connectivity index (χ1v) is 5.87. The molecule has 1 rings (SSSR count). The molecule has 0 atom stereocenters. The van der Waals surface area contributed by atoms with E-state index >= 15 is 0 Å². The number of aryl methyl sites for hydroxylation is 1. The van der Waals surface area contributed by atoms with Crippen LogP contribution in [0.1, 0.15) is 43.7 Å². The molecule has 0 unspecified atom stereocenters. The van der Waals surface area contributed by atoms with E-state index in [2.05, 4.69) is 15.6 Å². The number of hydrogen-bond donors (Lipinski definition) is 2. The van der Waals surface area contributed by atoms with Gasteiger partial charge in [0.15, 0.2) is 0 Å². The highest BCUT2D eigenvalue weighted by molar-refractivity contribution is 5.95. The summed E-state index contributed by atoms with van der Waals surface area (Å²) in [4.78, 5) is 16.3. The van der Waals surface area contributed by atoms with Gasteiger partial charge in [-0.15, -0.1) is 0 Å². The first-order chi connectivity index (χ1) is 7.81. The van der Waals surface area contributed by atoms with Gasteiger partial charge in [-0.25, -0.2) is 4.98 Å². The van der Waals surface area contributed by atoms with Gasteiger partial charge < -0.3 is 10.6 Å². The summed E-state index contributed by atoms with van der Waals surface area (Å²) >= 11 is 0. The molecule has 2 N–H and O–H groups in total. The molecular formula is C13H21N3O. The molecule has 0 spiro atoms. The number of anilines is 1. The van der Waals surface area contributed by atoms with Gasteiger partial charge in [0.05, 0.1) is 0 Å². The third-order valence-corrected chi connectivity index (χ3v) is 2.06. The van der Waals surface area contributed by atoms with Crippen molar-refractivity contribution in [2.75, 3.05) is 11.9 Å². The topological polar surface area (TPSA) is 54.0 Å². The Hall–Kier alpha value is -1.58. The van der Waals surface area contributed by atoms with E-state index in [1.54, 1.807) is 12.1 Å². The van der Waals surface area contributed by atoms with Crippen molar-refractivity contribution in [1.82, 2.24) is 10.3 Å². The van der Waals surface area contributed by atoms with E-state index < -0.39 is 0 Å². The molecule has 0 saturated heterocycles. The molecule has 0 bridgehead atoms. The first-order valence-electron chi connectivity index (χ1n) is 5.87. The maximum atomic E-state index is 12.0. The number of amides is 1. The average Bonchev–Trinajstić information content (AvgIpc) is 2.14. The minimum Gasteiger partial charge on any atom is -0.370 e. The molecule has 0 fully saturated rings. The SMILES string of the molecule is CCNc1cc(C(=O)NC(C)(C)C)cc(C)n1. The zero-order valence-electron chi connectivity index (χ0n) is 11.2. The van der Waals surface area contributed by atoms with Gasteiger partial charge in [0, 0.05) is 23.3 Å². The van der Waals surface area contributed by atoms with Crippen molar-refractivity contribution in [3.8, 4) is 0 Å². The molecule has 0 saturated carbocycles. The van der Waals surface area contributed by atoms with Crippen LogP contribution in [0.25, 0.3) is 0 Å². The Kier molecular flexibility index (Phi) is 4.10. The second-order valence-electron chi connectivity index (χ2n) is 5.12. The van der Waals surface area contributed by atoms with Crippen LogP contribution in [-0.2, 0) is 0 Å². The van der Waals surface area contributed by atoms with Crippen LogP contribution in [0.5, 0.6) is 0 Å². The summed E-state index contributed by atoms with van der Waals surface area (Å²) in [6.45, 7) is 10.6. The van der Waals surface area contributed by atoms with Crippen LogP contribution in [-0.4, -0.2) is 23.0 Å². The number of carbonyl (C=O) groups excluding carboxylic acids is 1. The highest BCUT2D eigenvalue weighted by Gasteiger charge is 2.16. The summed E-state index contributed by atoms with van der Waals surface area (Å²) in [5.74, 6) is 0.675. The predicted molar refractivity (Wildman–Crippen MR) is 70.4 cm³/mol. The largest absolute Gasteiger partial charge is 0.370 e. The fourth-order valence-electron chi connectivity index (χ4n) is 1.48. The smallest absolute Gasteiger partial charge is 0.251 e. The van der Waals surface area contributed by atoms with Gasteiger partial charge >= 0.3 is 0 Å². The van der Waals surface area contributed by atoms with E-state index in [1.807, 2.05) is 34.6 Å². The third-order valence-electron chi connectivity index (χ3n) is 2.06. The van der Waals surface area contributed by atoms with Crippen molar-refractivity contribution in [3.05, 3.63) is 23.4 Å². The maximum Gasteiger partial charge on any atom is 0.251 e. The second kappa shape index (κ2) is 5.17. The normalized spacial score (nSPS) is 11.1. The second-order valence-corrected chi connectivity index (χ2v) is 5.12. The van der Waals surface area contributed by atoms with Crippen LogP contribution >= 0.6 is 0 Å². The summed E-state index contributed by atoms with van der Waals surface area (Å²) < 4.78 is 0. The van der Waals surface area contributed by atoms with Crippen molar-refractivity contribution in [3.63, 3.8) is 0 Å². The summed E-state index contributed by atoms with van der Waals surface area (Å²) in [6.07, 6.45) is 0. The molecule has 1 amide bonds. The number of nitrogens with one attached hydrogen (secondary N) is 2. The van der Waals surface area contributed by atoms with E-state index in [0.29, 0.717) is 5.56 Å². The summed E-state index contributed by atoms with van der Waals surface area (Å²) in [5.41, 5.74) is 1.25. The number of hydrogen-bond acceptors (Lipinski definition) is 3. The van der Waals surface area contributed by atoms with Crippen molar-refractivity contribution >= 4 is 11.7 Å². The van der Waals surface area contributed by atoms with Gasteiger partial charge in [0.25, 0.3) is 5.91 Å². The van der Waals surface area contributed by atoms with Crippen LogP contribution < -0.4 is 10.6 Å². The fraction of sp³-hybridized carbons (Fsp3) is 0.538. The lowest BCUT2D eigenvalue weighted by molar-refractivity contribution is 0.0919. The fourth-order valence-corrected chi connectivity index (χ4v) is 1.48. The van der Waals surface area contributed by atoms with E-state index in [0.717, 1.165) is 18.1 Å². The zero-order valence-corrected chi connectivity index (χ0v) is 11.2. The van der Waals surface area contributed by atoms with E-state index in [1.165, 1.54) is 0 Å². The van der Waals surface area contributed by atoms with Crippen LogP contribution in [0, 0.1) is 6.92 Å². The molecule has 0 aromatic carbocycles. The molecule has 0 aliphatic rings. The van der Waals surface area contributed by atoms with E-state index in [4.69, 9.17) is 0 Å². The van der Waals surface area contributed by atoms with E-state index in [-0.39, 0.29) is 11.4 Å². The molecule has 1 heterocycles. The van der Waals surface area contributed by atoms with Gasteiger partial charge in [0.2, 0.25) is 0 Å². The van der Waals surface area contributed by atoms with Crippen LogP contribution in [0.15, 0.2) is 12.1 Å². The lowest BCUT2D eigenvalue weighted by Gasteiger charge is -2.20. The minimum atomic E-state index is -0.230. The number of pyridine rings is 1. The lowest BCUT2D eigenvalue weighted by atomic mass is 10.1. The third kappa shape index (κ3) is 4.43. The summed E-state index contributed by atoms with van der Waals surface area (Å²) in [6, 6.07) is 3.57. The number of carbonyl (C=O) groups is 1. The van der Waals surface area contributed by atoms with Gasteiger partial charge in [-0.2, -0.15) is 0 Å². The number of nitrogens with zero attached hydrogens (tertiary/aromatic N) is 1. The molecule has 1 aromatic rings. The highest BCUT2D eigenvalue weighted by atomic mass is 16.1. The Bertz CT molecular complexity index is 408. The molecule has 4 heteroatoms. The van der Waals surface area contributed by atoms with E-state index in [9.17, 15) is 4.79 Å². The Morgan fingerprint density at radius 1 is 1.35 bits per heavy atom. The van der Waals surface area contributed by atoms with Crippen LogP contribution in [0.2, 0.25) is 0 Å². The molecule has 17 heavy (non-hydrogen) atoms. The van der Waals surface area contributed by atoms with Gasteiger partial charge in [-0.3, -0.25) is 4.79 Å². The average molecular weight is 235 g/mol. The molecule has 94 valence electrons. The van der Waals surface area contributed by atoms with Crippen molar-refractivity contribution < 1.29 is 4.79 Å². The number of aromatic nitrogens is 1. The molecule has 0 radical (unpaired) electrons. The standard InChI is InChI=1S/C13H21N3O/c1-6-14-11-8-10(7-9(2)15-11)12(17)16-13(3,4)5/h7-8H,6H2,1-5H3,(H,14,15)(H,16,17). The lowest BCUT2D eigenvalue weighted by Crippen LogP contribution is -2.40. The molecule has 4 nitrogen and oxygen atoms in total. The maximum absolute atomic E-state index is 12.0. The predicted octanol–water partition coefficient (Wildman–Crippen LogP) is 2.35. The minimum absolute atomic E-state index is 0.0675. The monoisotopic (exact) mass is 235 g/mol. The molecule has 0 aliphatic carbocycles. The van der Waals surface area contributed by atoms with Gasteiger partial charge in [-0.05, 0) is 46.8 Å². The Morgan fingerprint density at radius 3 is 2.53 bits per heavy atom. The zero-order chi connectivity index (χ0) is 13.1. The van der Waals surface area contributed by atoms with Crippen molar-refractivity contribution in [1.29, 1.82) is 0 Å². The van der Waals surface area contributed by atoms with Crippen molar-refractivity contribution in [2.45, 2.75) is 40.2 Å². The van der Waals surface area contributed by atoms with Crippen LogP contribution in [0.4, 0.5) is 5.82 Å². The number of rotatable bonds is 3.